The Morgan fingerprint density at radius 3 is 2.62 bits per heavy atom. The van der Waals surface area contributed by atoms with Crippen molar-refractivity contribution in [3.63, 3.8) is 0 Å². The van der Waals surface area contributed by atoms with E-state index in [1.54, 1.807) is 35.7 Å². The number of esters is 2. The normalized spacial score (nSPS) is 19.4. The highest BCUT2D eigenvalue weighted by molar-refractivity contribution is 5.90. The van der Waals surface area contributed by atoms with Crippen LogP contribution in [0.25, 0.3) is 0 Å². The van der Waals surface area contributed by atoms with Crippen molar-refractivity contribution < 1.29 is 33.0 Å². The molecule has 0 radical (unpaired) electrons. The second-order valence-corrected chi connectivity index (χ2v) is 9.41. The number of hydrogen-bond donors (Lipinski definition) is 2. The minimum atomic E-state index is -0.579. The Kier molecular flexibility index (Phi) is 8.00. The molecule has 0 saturated carbocycles. The van der Waals surface area contributed by atoms with Crippen LogP contribution in [0.1, 0.15) is 43.2 Å². The van der Waals surface area contributed by atoms with Crippen molar-refractivity contribution in [2.24, 2.45) is 0 Å². The zero-order valence-electron chi connectivity index (χ0n) is 22.2. The van der Waals surface area contributed by atoms with Crippen LogP contribution in [-0.4, -0.2) is 83.5 Å². The van der Waals surface area contributed by atoms with Gasteiger partial charge in [-0.05, 0) is 44.9 Å². The molecular formula is C25H31FN8O6. The van der Waals surface area contributed by atoms with E-state index in [1.807, 2.05) is 4.90 Å². The van der Waals surface area contributed by atoms with Gasteiger partial charge in [0.05, 0.1) is 49.9 Å². The van der Waals surface area contributed by atoms with E-state index < -0.39 is 30.0 Å². The Balaban J connectivity index is 1.18. The number of amides is 1. The van der Waals surface area contributed by atoms with Gasteiger partial charge in [-0.1, -0.05) is 5.21 Å². The van der Waals surface area contributed by atoms with Gasteiger partial charge < -0.3 is 19.1 Å². The van der Waals surface area contributed by atoms with Crippen LogP contribution in [0.4, 0.5) is 20.6 Å². The van der Waals surface area contributed by atoms with Crippen molar-refractivity contribution >= 4 is 29.4 Å². The number of hydrazine groups is 2. The maximum absolute atomic E-state index is 15.3. The first-order valence-corrected chi connectivity index (χ1v) is 13.1. The molecule has 2 saturated heterocycles. The number of anilines is 2. The van der Waals surface area contributed by atoms with Gasteiger partial charge in [0.25, 0.3) is 0 Å². The molecule has 0 spiro atoms. The topological polar surface area (TPSA) is 143 Å². The Bertz CT molecular complexity index is 1290. The van der Waals surface area contributed by atoms with E-state index in [0.717, 1.165) is 0 Å². The fourth-order valence-electron chi connectivity index (χ4n) is 4.95. The fourth-order valence-corrected chi connectivity index (χ4v) is 4.95. The number of rotatable bonds is 9. The lowest BCUT2D eigenvalue weighted by molar-refractivity contribution is -0.138. The van der Waals surface area contributed by atoms with Crippen LogP contribution in [0.5, 0.6) is 0 Å². The molecule has 1 aromatic carbocycles. The molecule has 2 N–H and O–H groups in total. The molecule has 14 nitrogen and oxygen atoms in total. The van der Waals surface area contributed by atoms with E-state index in [0.29, 0.717) is 43.0 Å². The summed E-state index contributed by atoms with van der Waals surface area (Å²) >= 11 is 0. The largest absolute Gasteiger partial charge is 0.461 e. The first kappa shape index (κ1) is 27.2. The molecule has 2 fully saturated rings. The number of piperidine rings is 1. The molecule has 0 aliphatic carbocycles. The second-order valence-electron chi connectivity index (χ2n) is 9.41. The first-order valence-electron chi connectivity index (χ1n) is 13.1. The quantitative estimate of drug-likeness (QED) is 0.340. The summed E-state index contributed by atoms with van der Waals surface area (Å²) < 4.78 is 32.3. The van der Waals surface area contributed by atoms with Gasteiger partial charge in [-0.15, -0.1) is 10.6 Å². The van der Waals surface area contributed by atoms with Crippen LogP contribution in [0, 0.1) is 5.82 Å². The van der Waals surface area contributed by atoms with Gasteiger partial charge in [-0.25, -0.2) is 23.5 Å². The average molecular weight is 559 g/mol. The summed E-state index contributed by atoms with van der Waals surface area (Å²) in [5, 5.41) is 9.51. The van der Waals surface area contributed by atoms with Crippen LogP contribution in [0.15, 0.2) is 36.3 Å². The third-order valence-corrected chi connectivity index (χ3v) is 6.84. The summed E-state index contributed by atoms with van der Waals surface area (Å²) in [6.45, 7) is 5.54. The Morgan fingerprint density at radius 1 is 1.15 bits per heavy atom. The van der Waals surface area contributed by atoms with Crippen LogP contribution in [-0.2, 0) is 19.0 Å². The molecule has 3 aliphatic rings. The summed E-state index contributed by atoms with van der Waals surface area (Å²) in [6.07, 6.45) is 3.12. The van der Waals surface area contributed by atoms with Crippen LogP contribution in [0.2, 0.25) is 0 Å². The Morgan fingerprint density at radius 2 is 1.90 bits per heavy atom. The highest BCUT2D eigenvalue weighted by Crippen LogP contribution is 2.32. The van der Waals surface area contributed by atoms with Crippen molar-refractivity contribution in [2.75, 3.05) is 49.2 Å². The average Bonchev–Trinajstić information content (AvgIpc) is 3.69. The number of carbonyl (C=O) groups is 3. The maximum atomic E-state index is 15.3. The Labute approximate surface area is 229 Å². The van der Waals surface area contributed by atoms with E-state index in [-0.39, 0.29) is 38.0 Å². The molecule has 4 heterocycles. The standard InChI is InChI=1S/C25H31FN8O6/c1-3-38-23(35)20-15-32(30-28-20)13-18-14-33(25(37)40-18)17-5-6-21(19(26)11-17)31-9-7-16(8-10-31)34-22(12-27-29-34)24(36)39-4-2/h5-6,11-12,15-16,18,28,30H,3-4,7-10,13-14H2,1-2H3/t18-/m0/s1. The molecule has 0 bridgehead atoms. The highest BCUT2D eigenvalue weighted by atomic mass is 19.1. The van der Waals surface area contributed by atoms with Crippen LogP contribution < -0.4 is 20.8 Å². The number of halogens is 1. The number of ether oxygens (including phenoxy) is 3. The minimum absolute atomic E-state index is 0.0553. The third kappa shape index (κ3) is 5.64. The van der Waals surface area contributed by atoms with Gasteiger partial charge in [0.2, 0.25) is 0 Å². The Hall–Kier alpha value is -4.40. The number of hydrogen-bond acceptors (Lipinski definition) is 12. The maximum Gasteiger partial charge on any atom is 0.414 e. The van der Waals surface area contributed by atoms with E-state index in [4.69, 9.17) is 14.2 Å². The summed E-state index contributed by atoms with van der Waals surface area (Å²) in [4.78, 5) is 39.9. The molecule has 1 aromatic heterocycles. The van der Waals surface area contributed by atoms with Gasteiger partial charge in [0, 0.05) is 19.3 Å². The fraction of sp³-hybridized carbons (Fsp3) is 0.480. The number of carbonyl (C=O) groups excluding carboxylic acids is 3. The van der Waals surface area contributed by atoms with Gasteiger partial charge in [0.1, 0.15) is 11.9 Å². The molecule has 0 unspecified atom stereocenters. The van der Waals surface area contributed by atoms with Gasteiger partial charge in [-0.2, -0.15) is 0 Å². The summed E-state index contributed by atoms with van der Waals surface area (Å²) in [6, 6.07) is 4.63. The van der Waals surface area contributed by atoms with E-state index in [2.05, 4.69) is 21.3 Å². The molecule has 15 heteroatoms. The lowest BCUT2D eigenvalue weighted by atomic mass is 10.0. The number of cyclic esters (lactones) is 1. The number of nitrogens with zero attached hydrogens (tertiary/aromatic N) is 6. The van der Waals surface area contributed by atoms with Crippen molar-refractivity contribution in [2.45, 2.75) is 38.8 Å². The molecular weight excluding hydrogens is 527 g/mol. The lowest BCUT2D eigenvalue weighted by Crippen LogP contribution is -2.42. The van der Waals surface area contributed by atoms with Gasteiger partial charge in [0.15, 0.2) is 11.4 Å². The highest BCUT2D eigenvalue weighted by Gasteiger charge is 2.35. The summed E-state index contributed by atoms with van der Waals surface area (Å²) in [5.74, 6) is -1.42. The molecule has 1 atom stereocenters. The summed E-state index contributed by atoms with van der Waals surface area (Å²) in [5.41, 5.74) is 6.88. The third-order valence-electron chi connectivity index (χ3n) is 6.84. The predicted octanol–water partition coefficient (Wildman–Crippen LogP) is 1.49. The predicted molar refractivity (Wildman–Crippen MR) is 138 cm³/mol. The molecule has 214 valence electrons. The monoisotopic (exact) mass is 558 g/mol. The molecule has 3 aliphatic heterocycles. The molecule has 5 rings (SSSR count). The SMILES string of the molecule is CCOC(=O)C1=CN(C[C@H]2CN(c3ccc(N4CCC(n5nncc5C(=O)OCC)CC4)c(F)c3)C(=O)O2)NN1. The van der Waals surface area contributed by atoms with Crippen molar-refractivity contribution in [3.8, 4) is 0 Å². The number of aromatic nitrogens is 3. The second kappa shape index (κ2) is 11.8. The number of nitrogens with one attached hydrogen (secondary N) is 2. The minimum Gasteiger partial charge on any atom is -0.461 e. The van der Waals surface area contributed by atoms with Crippen LogP contribution >= 0.6 is 0 Å². The zero-order valence-corrected chi connectivity index (χ0v) is 22.2. The van der Waals surface area contributed by atoms with Crippen molar-refractivity contribution in [3.05, 3.63) is 47.8 Å². The van der Waals surface area contributed by atoms with Crippen molar-refractivity contribution in [1.82, 2.24) is 31.0 Å². The lowest BCUT2D eigenvalue weighted by Gasteiger charge is -2.34. The van der Waals surface area contributed by atoms with E-state index >= 15 is 4.39 Å². The van der Waals surface area contributed by atoms with E-state index in [1.165, 1.54) is 23.4 Å². The van der Waals surface area contributed by atoms with Crippen LogP contribution in [0.3, 0.4) is 0 Å². The van der Waals surface area contributed by atoms with Crippen molar-refractivity contribution in [1.29, 1.82) is 0 Å². The molecule has 2 aromatic rings. The number of benzene rings is 1. The van der Waals surface area contributed by atoms with Gasteiger partial charge in [-0.3, -0.25) is 15.3 Å². The smallest absolute Gasteiger partial charge is 0.414 e. The zero-order chi connectivity index (χ0) is 28.2. The van der Waals surface area contributed by atoms with E-state index in [9.17, 15) is 14.4 Å². The molecule has 40 heavy (non-hydrogen) atoms. The molecule has 1 amide bonds. The first-order chi connectivity index (χ1) is 19.4. The van der Waals surface area contributed by atoms with Gasteiger partial charge >= 0.3 is 18.0 Å². The summed E-state index contributed by atoms with van der Waals surface area (Å²) in [7, 11) is 0.